The quantitative estimate of drug-likeness (QED) is 0.828. The highest BCUT2D eigenvalue weighted by molar-refractivity contribution is 5.94. The molecule has 1 heterocycles. The van der Waals surface area contributed by atoms with Crippen molar-refractivity contribution in [2.24, 2.45) is 5.92 Å². The Morgan fingerprint density at radius 3 is 3.04 bits per heavy atom. The first kappa shape index (κ1) is 16.6. The zero-order valence-corrected chi connectivity index (χ0v) is 14.0. The van der Waals surface area contributed by atoms with Crippen molar-refractivity contribution < 1.29 is 9.53 Å². The molecule has 3 rings (SSSR count). The molecule has 2 unspecified atom stereocenters. The van der Waals surface area contributed by atoms with E-state index in [0.717, 1.165) is 12.1 Å². The topological polar surface area (TPSA) is 69.0 Å². The lowest BCUT2D eigenvalue weighted by atomic mass is 9.88. The summed E-state index contributed by atoms with van der Waals surface area (Å²) in [5.41, 5.74) is 1.42. The van der Waals surface area contributed by atoms with Crippen LogP contribution in [-0.4, -0.2) is 39.9 Å². The van der Waals surface area contributed by atoms with E-state index in [0.29, 0.717) is 30.7 Å². The molecular formula is C18H24N4O2. The van der Waals surface area contributed by atoms with Gasteiger partial charge >= 0.3 is 0 Å². The van der Waals surface area contributed by atoms with Gasteiger partial charge in [-0.25, -0.2) is 9.67 Å². The molecule has 24 heavy (non-hydrogen) atoms. The van der Waals surface area contributed by atoms with Crippen molar-refractivity contribution in [3.8, 4) is 5.69 Å². The minimum atomic E-state index is -0.0998. The molecule has 1 amide bonds. The van der Waals surface area contributed by atoms with Crippen molar-refractivity contribution in [2.75, 3.05) is 13.2 Å². The van der Waals surface area contributed by atoms with Crippen molar-refractivity contribution in [1.29, 1.82) is 0 Å². The van der Waals surface area contributed by atoms with E-state index in [1.165, 1.54) is 25.6 Å². The minimum absolute atomic E-state index is 0.0998. The van der Waals surface area contributed by atoms with E-state index in [9.17, 15) is 4.79 Å². The van der Waals surface area contributed by atoms with Crippen LogP contribution in [0.5, 0.6) is 0 Å². The van der Waals surface area contributed by atoms with Crippen molar-refractivity contribution in [3.05, 3.63) is 42.5 Å². The molecule has 1 N–H and O–H groups in total. The first-order chi connectivity index (χ1) is 11.7. The molecule has 2 aromatic rings. The van der Waals surface area contributed by atoms with Crippen LogP contribution in [0, 0.1) is 5.92 Å². The van der Waals surface area contributed by atoms with Gasteiger partial charge in [-0.1, -0.05) is 25.8 Å². The summed E-state index contributed by atoms with van der Waals surface area (Å²) >= 11 is 0. The van der Waals surface area contributed by atoms with Crippen LogP contribution in [0.1, 0.15) is 43.0 Å². The third-order valence-corrected chi connectivity index (χ3v) is 4.54. The molecule has 6 nitrogen and oxygen atoms in total. The Labute approximate surface area is 142 Å². The third-order valence-electron chi connectivity index (χ3n) is 4.54. The van der Waals surface area contributed by atoms with Crippen LogP contribution in [0.3, 0.4) is 0 Å². The van der Waals surface area contributed by atoms with Gasteiger partial charge < -0.3 is 10.1 Å². The molecule has 1 saturated carbocycles. The maximum Gasteiger partial charge on any atom is 0.251 e. The molecule has 1 aromatic heterocycles. The molecule has 0 aliphatic heterocycles. The van der Waals surface area contributed by atoms with Gasteiger partial charge in [0.15, 0.2) is 0 Å². The lowest BCUT2D eigenvalue weighted by molar-refractivity contribution is -0.00293. The molecular weight excluding hydrogens is 304 g/mol. The fraction of sp³-hybridized carbons (Fsp3) is 0.500. The fourth-order valence-electron chi connectivity index (χ4n) is 3.14. The van der Waals surface area contributed by atoms with Crippen molar-refractivity contribution in [2.45, 2.75) is 38.7 Å². The molecule has 1 fully saturated rings. The Kier molecular flexibility index (Phi) is 5.59. The number of ether oxygens (including phenoxy) is 1. The largest absolute Gasteiger partial charge is 0.376 e. The first-order valence-corrected chi connectivity index (χ1v) is 8.59. The molecule has 6 heteroatoms. The number of carbonyl (C=O) groups is 1. The zero-order valence-electron chi connectivity index (χ0n) is 14.0. The lowest BCUT2D eigenvalue weighted by Crippen LogP contribution is -2.31. The summed E-state index contributed by atoms with van der Waals surface area (Å²) in [6.45, 7) is 3.33. The van der Waals surface area contributed by atoms with E-state index in [1.54, 1.807) is 23.1 Å². The zero-order chi connectivity index (χ0) is 16.8. The van der Waals surface area contributed by atoms with Gasteiger partial charge in [-0.15, -0.1) is 0 Å². The Morgan fingerprint density at radius 1 is 1.38 bits per heavy atom. The van der Waals surface area contributed by atoms with Gasteiger partial charge in [0.1, 0.15) is 12.7 Å². The highest BCUT2D eigenvalue weighted by atomic mass is 16.5. The van der Waals surface area contributed by atoms with Gasteiger partial charge in [0.2, 0.25) is 0 Å². The number of benzene rings is 1. The van der Waals surface area contributed by atoms with Crippen LogP contribution in [0.2, 0.25) is 0 Å². The molecule has 128 valence electrons. The van der Waals surface area contributed by atoms with Crippen LogP contribution in [0.4, 0.5) is 0 Å². The molecule has 1 aliphatic carbocycles. The Bertz CT molecular complexity index is 657. The number of hydrogen-bond donors (Lipinski definition) is 1. The summed E-state index contributed by atoms with van der Waals surface area (Å²) < 4.78 is 7.56. The molecule has 0 radical (unpaired) electrons. The predicted octanol–water partition coefficient (Wildman–Crippen LogP) is 2.59. The first-order valence-electron chi connectivity index (χ1n) is 8.59. The summed E-state index contributed by atoms with van der Waals surface area (Å²) in [5, 5.41) is 6.99. The standard InChI is InChI=1S/C18H24N4O2/c1-14-5-2-3-8-17(14)24-10-9-20-18(23)15-6-4-7-16(11-15)22-13-19-12-21-22/h4,6-7,11-14,17H,2-3,5,8-10H2,1H3,(H,20,23). The van der Waals surface area contributed by atoms with E-state index in [-0.39, 0.29) is 5.91 Å². The normalized spacial score (nSPS) is 20.7. The summed E-state index contributed by atoms with van der Waals surface area (Å²) in [5.74, 6) is 0.520. The molecule has 1 aromatic carbocycles. The second-order valence-electron chi connectivity index (χ2n) is 6.32. The van der Waals surface area contributed by atoms with Crippen molar-refractivity contribution >= 4 is 5.91 Å². The van der Waals surface area contributed by atoms with Crippen LogP contribution in [0.25, 0.3) is 5.69 Å². The van der Waals surface area contributed by atoms with Gasteiger partial charge in [-0.05, 0) is 37.0 Å². The number of amides is 1. The molecule has 0 bridgehead atoms. The summed E-state index contributed by atoms with van der Waals surface area (Å²) in [4.78, 5) is 16.2. The van der Waals surface area contributed by atoms with Crippen LogP contribution >= 0.6 is 0 Å². The maximum atomic E-state index is 12.3. The average molecular weight is 328 g/mol. The number of aromatic nitrogens is 3. The predicted molar refractivity (Wildman–Crippen MR) is 91.1 cm³/mol. The second-order valence-corrected chi connectivity index (χ2v) is 6.32. The Morgan fingerprint density at radius 2 is 2.25 bits per heavy atom. The fourth-order valence-corrected chi connectivity index (χ4v) is 3.14. The second kappa shape index (κ2) is 8.06. The molecule has 1 aliphatic rings. The van der Waals surface area contributed by atoms with Crippen LogP contribution < -0.4 is 5.32 Å². The number of nitrogens with zero attached hydrogens (tertiary/aromatic N) is 3. The molecule has 0 spiro atoms. The van der Waals surface area contributed by atoms with Gasteiger partial charge in [0.05, 0.1) is 18.4 Å². The highest BCUT2D eigenvalue weighted by Gasteiger charge is 2.21. The van der Waals surface area contributed by atoms with Gasteiger partial charge in [0, 0.05) is 12.1 Å². The molecule has 2 atom stereocenters. The van der Waals surface area contributed by atoms with E-state index < -0.39 is 0 Å². The Hall–Kier alpha value is -2.21. The van der Waals surface area contributed by atoms with Crippen LogP contribution in [0.15, 0.2) is 36.9 Å². The van der Waals surface area contributed by atoms with E-state index in [4.69, 9.17) is 4.74 Å². The van der Waals surface area contributed by atoms with E-state index >= 15 is 0 Å². The molecule has 0 saturated heterocycles. The highest BCUT2D eigenvalue weighted by Crippen LogP contribution is 2.25. The number of nitrogens with one attached hydrogen (secondary N) is 1. The van der Waals surface area contributed by atoms with Gasteiger partial charge in [0.25, 0.3) is 5.91 Å². The van der Waals surface area contributed by atoms with Crippen molar-refractivity contribution in [3.63, 3.8) is 0 Å². The van der Waals surface area contributed by atoms with Crippen LogP contribution in [-0.2, 0) is 4.74 Å². The SMILES string of the molecule is CC1CCCCC1OCCNC(=O)c1cccc(-n2cncn2)c1. The summed E-state index contributed by atoms with van der Waals surface area (Å²) in [7, 11) is 0. The van der Waals surface area contributed by atoms with Crippen molar-refractivity contribution in [1.82, 2.24) is 20.1 Å². The lowest BCUT2D eigenvalue weighted by Gasteiger charge is -2.28. The van der Waals surface area contributed by atoms with Gasteiger partial charge in [-0.2, -0.15) is 5.10 Å². The Balaban J connectivity index is 1.48. The van der Waals surface area contributed by atoms with Gasteiger partial charge in [-0.3, -0.25) is 4.79 Å². The average Bonchev–Trinajstić information content (AvgIpc) is 3.15. The monoisotopic (exact) mass is 328 g/mol. The van der Waals surface area contributed by atoms with E-state index in [1.807, 2.05) is 12.1 Å². The number of hydrogen-bond acceptors (Lipinski definition) is 4. The summed E-state index contributed by atoms with van der Waals surface area (Å²) in [6.07, 6.45) is 8.34. The maximum absolute atomic E-state index is 12.3. The number of rotatable bonds is 6. The summed E-state index contributed by atoms with van der Waals surface area (Å²) in [6, 6.07) is 7.32. The number of carbonyl (C=O) groups excluding carboxylic acids is 1. The van der Waals surface area contributed by atoms with E-state index in [2.05, 4.69) is 22.3 Å². The minimum Gasteiger partial charge on any atom is -0.376 e. The smallest absolute Gasteiger partial charge is 0.251 e. The third kappa shape index (κ3) is 4.20.